The van der Waals surface area contributed by atoms with Gasteiger partial charge in [0.15, 0.2) is 11.6 Å². The van der Waals surface area contributed by atoms with Crippen LogP contribution in [0.4, 0.5) is 5.69 Å². The average Bonchev–Trinajstić information content (AvgIpc) is 3.43. The maximum atomic E-state index is 14.3. The first-order valence-electron chi connectivity index (χ1n) is 15.2. The largest absolute Gasteiger partial charge is 0.494 e. The Bertz CT molecular complexity index is 1550. The fraction of sp³-hybridized carbons (Fsp3) is 0.382. The van der Waals surface area contributed by atoms with E-state index < -0.39 is 29.1 Å². The summed E-state index contributed by atoms with van der Waals surface area (Å²) in [5, 5.41) is 12.9. The van der Waals surface area contributed by atoms with Crippen LogP contribution in [0.5, 0.6) is 5.75 Å². The zero-order chi connectivity index (χ0) is 33.0. The van der Waals surface area contributed by atoms with E-state index in [1.807, 2.05) is 30.3 Å². The first-order valence-corrected chi connectivity index (χ1v) is 15.2. The average molecular weight is 629 g/mol. The van der Waals surface area contributed by atoms with Crippen LogP contribution in [0.25, 0.3) is 10.4 Å². The highest BCUT2D eigenvalue weighted by molar-refractivity contribution is 6.01. The summed E-state index contributed by atoms with van der Waals surface area (Å²) in [6, 6.07) is 23.6. The van der Waals surface area contributed by atoms with Crippen LogP contribution in [0.3, 0.4) is 0 Å². The molecule has 0 fully saturated rings. The first-order chi connectivity index (χ1) is 22.1. The summed E-state index contributed by atoms with van der Waals surface area (Å²) < 4.78 is 17.7. The number of nitrogens with one attached hydrogen (secondary N) is 2. The maximum Gasteiger partial charge on any atom is 0.306 e. The number of carbonyl (C=O) groups excluding carboxylic acids is 2. The highest BCUT2D eigenvalue weighted by Gasteiger charge is 2.54. The van der Waals surface area contributed by atoms with E-state index in [1.54, 1.807) is 69.3 Å². The second-order valence-electron chi connectivity index (χ2n) is 11.7. The van der Waals surface area contributed by atoms with Gasteiger partial charge in [-0.05, 0) is 69.0 Å². The number of azide groups is 1. The van der Waals surface area contributed by atoms with Gasteiger partial charge in [0.2, 0.25) is 5.90 Å². The molecule has 1 aliphatic heterocycles. The molecular formula is C34H40N6O6. The lowest BCUT2D eigenvalue weighted by Crippen LogP contribution is -2.53. The number of hydrazine groups is 1. The van der Waals surface area contributed by atoms with Crippen molar-refractivity contribution >= 4 is 23.5 Å². The lowest BCUT2D eigenvalue weighted by molar-refractivity contribution is -0.155. The number of carbonyl (C=O) groups is 2. The Morgan fingerprint density at radius 3 is 2.48 bits per heavy atom. The van der Waals surface area contributed by atoms with E-state index in [1.165, 1.54) is 0 Å². The smallest absolute Gasteiger partial charge is 0.306 e. The van der Waals surface area contributed by atoms with E-state index in [2.05, 4.69) is 20.9 Å². The molecule has 0 aliphatic carbocycles. The number of esters is 1. The van der Waals surface area contributed by atoms with Gasteiger partial charge < -0.3 is 19.3 Å². The minimum atomic E-state index is -1.65. The molecule has 1 heterocycles. The van der Waals surface area contributed by atoms with Crippen LogP contribution in [0.1, 0.15) is 62.8 Å². The SMILES string of the molecule is CC(C)(C)OC(=O)CC[C@]1(C(=O)NNCCc2ccccc2)N=C(c2ccc(OCCCO)cc2)O[C@H]1c1ccccc1N=[N+]=[N-]. The van der Waals surface area contributed by atoms with Crippen LogP contribution in [-0.2, 0) is 25.5 Å². The Labute approximate surface area is 268 Å². The van der Waals surface area contributed by atoms with Crippen molar-refractivity contribution in [2.75, 3.05) is 19.8 Å². The van der Waals surface area contributed by atoms with Gasteiger partial charge in [-0.2, -0.15) is 0 Å². The molecule has 1 amide bonds. The van der Waals surface area contributed by atoms with Crippen molar-refractivity contribution in [2.24, 2.45) is 10.1 Å². The third-order valence-corrected chi connectivity index (χ3v) is 7.12. The van der Waals surface area contributed by atoms with Crippen molar-refractivity contribution in [1.29, 1.82) is 0 Å². The first kappa shape index (κ1) is 34.0. The highest BCUT2D eigenvalue weighted by Crippen LogP contribution is 2.46. The number of hydrogen-bond donors (Lipinski definition) is 3. The van der Waals surface area contributed by atoms with Crippen LogP contribution in [0, 0.1) is 0 Å². The van der Waals surface area contributed by atoms with E-state index in [0.29, 0.717) is 42.9 Å². The summed E-state index contributed by atoms with van der Waals surface area (Å²) in [6.07, 6.45) is -0.0871. The Morgan fingerprint density at radius 2 is 1.78 bits per heavy atom. The summed E-state index contributed by atoms with van der Waals surface area (Å²) in [7, 11) is 0. The van der Waals surface area contributed by atoms with Crippen molar-refractivity contribution in [3.05, 3.63) is 106 Å². The van der Waals surface area contributed by atoms with Crippen molar-refractivity contribution in [3.63, 3.8) is 0 Å². The molecule has 242 valence electrons. The fourth-order valence-electron chi connectivity index (χ4n) is 4.98. The Kier molecular flexibility index (Phi) is 11.7. The van der Waals surface area contributed by atoms with Crippen molar-refractivity contribution in [2.45, 2.75) is 63.7 Å². The number of ether oxygens (including phenoxy) is 3. The normalized spacial score (nSPS) is 17.3. The third-order valence-electron chi connectivity index (χ3n) is 7.12. The predicted molar refractivity (Wildman–Crippen MR) is 173 cm³/mol. The van der Waals surface area contributed by atoms with Gasteiger partial charge >= 0.3 is 5.97 Å². The highest BCUT2D eigenvalue weighted by atomic mass is 16.6. The standard InChI is InChI=1S/C34H40N6O6/c1-33(2,3)46-29(42)18-20-34(32(43)39-36-21-19-24-10-5-4-6-11-24)30(27-12-7-8-13-28(27)38-40-35)45-31(37-34)25-14-16-26(17-15-25)44-23-9-22-41/h4-8,10-17,30,36,41H,9,18-23H2,1-3H3,(H,39,43)/t30-,34-/m0/s1. The quantitative estimate of drug-likeness (QED) is 0.0489. The Hall–Kier alpha value is -4.90. The minimum absolute atomic E-state index is 0.0238. The molecule has 2 atom stereocenters. The molecule has 3 N–H and O–H groups in total. The van der Waals surface area contributed by atoms with Crippen LogP contribution >= 0.6 is 0 Å². The van der Waals surface area contributed by atoms with Crippen molar-refractivity contribution in [3.8, 4) is 5.75 Å². The van der Waals surface area contributed by atoms with E-state index in [-0.39, 0.29) is 31.0 Å². The van der Waals surface area contributed by atoms with E-state index >= 15 is 0 Å². The second-order valence-corrected chi connectivity index (χ2v) is 11.7. The summed E-state index contributed by atoms with van der Waals surface area (Å²) in [6.45, 7) is 6.14. The van der Waals surface area contributed by atoms with E-state index in [0.717, 1.165) is 5.56 Å². The van der Waals surface area contributed by atoms with Gasteiger partial charge in [-0.1, -0.05) is 59.7 Å². The summed E-state index contributed by atoms with van der Waals surface area (Å²) in [4.78, 5) is 35.1. The van der Waals surface area contributed by atoms with Crippen LogP contribution in [0.15, 0.2) is 89.0 Å². The molecule has 12 heteroatoms. The number of hydrogen-bond acceptors (Lipinski definition) is 9. The number of aliphatic hydroxyl groups is 1. The summed E-state index contributed by atoms with van der Waals surface area (Å²) in [5.41, 5.74) is 15.1. The molecule has 1 aliphatic rings. The van der Waals surface area contributed by atoms with Gasteiger partial charge in [0.25, 0.3) is 5.91 Å². The molecule has 46 heavy (non-hydrogen) atoms. The Morgan fingerprint density at radius 1 is 1.07 bits per heavy atom. The number of amides is 1. The van der Waals surface area contributed by atoms with Gasteiger partial charge in [0.1, 0.15) is 11.4 Å². The van der Waals surface area contributed by atoms with Crippen molar-refractivity contribution in [1.82, 2.24) is 10.9 Å². The molecule has 4 rings (SSSR count). The molecule has 0 saturated carbocycles. The fourth-order valence-corrected chi connectivity index (χ4v) is 4.98. The van der Waals surface area contributed by atoms with Gasteiger partial charge in [0, 0.05) is 47.7 Å². The van der Waals surface area contributed by atoms with Gasteiger partial charge in [-0.15, -0.1) is 0 Å². The molecule has 0 bridgehead atoms. The number of aliphatic hydroxyl groups excluding tert-OH is 1. The molecule has 0 saturated heterocycles. The monoisotopic (exact) mass is 628 g/mol. The lowest BCUT2D eigenvalue weighted by Gasteiger charge is -2.31. The molecule has 3 aromatic carbocycles. The lowest BCUT2D eigenvalue weighted by atomic mass is 9.83. The topological polar surface area (TPSA) is 167 Å². The summed E-state index contributed by atoms with van der Waals surface area (Å²) >= 11 is 0. The van der Waals surface area contributed by atoms with Crippen molar-refractivity contribution < 1.29 is 28.9 Å². The van der Waals surface area contributed by atoms with Crippen LogP contribution in [-0.4, -0.2) is 53.8 Å². The molecule has 0 unspecified atom stereocenters. The van der Waals surface area contributed by atoms with E-state index in [9.17, 15) is 15.1 Å². The molecular weight excluding hydrogens is 588 g/mol. The number of nitrogens with zero attached hydrogens (tertiary/aromatic N) is 4. The zero-order valence-electron chi connectivity index (χ0n) is 26.3. The van der Waals surface area contributed by atoms with Crippen LogP contribution < -0.4 is 15.6 Å². The molecule has 12 nitrogen and oxygen atoms in total. The van der Waals surface area contributed by atoms with Crippen LogP contribution in [0.2, 0.25) is 0 Å². The maximum absolute atomic E-state index is 14.3. The molecule has 0 aromatic heterocycles. The second kappa shape index (κ2) is 15.9. The minimum Gasteiger partial charge on any atom is -0.494 e. The Balaban J connectivity index is 1.71. The molecule has 3 aromatic rings. The van der Waals surface area contributed by atoms with E-state index in [4.69, 9.17) is 24.3 Å². The van der Waals surface area contributed by atoms with Gasteiger partial charge in [0.05, 0.1) is 6.61 Å². The number of rotatable bonds is 15. The number of benzene rings is 3. The zero-order valence-corrected chi connectivity index (χ0v) is 26.3. The van der Waals surface area contributed by atoms with Gasteiger partial charge in [-0.3, -0.25) is 15.0 Å². The molecule has 0 spiro atoms. The predicted octanol–water partition coefficient (Wildman–Crippen LogP) is 5.63. The third kappa shape index (κ3) is 9.07. The van der Waals surface area contributed by atoms with Gasteiger partial charge in [-0.25, -0.2) is 10.4 Å². The summed E-state index contributed by atoms with van der Waals surface area (Å²) in [5.74, 6) is -0.250. The number of aliphatic imine (C=N–C) groups is 1. The molecule has 0 radical (unpaired) electrons.